The molecule has 2 rings (SSSR count). The van der Waals surface area contributed by atoms with Gasteiger partial charge in [0.1, 0.15) is 16.7 Å². The van der Waals surface area contributed by atoms with Crippen molar-refractivity contribution in [3.8, 4) is 0 Å². The number of anilines is 1. The number of hydrogen-bond donors (Lipinski definition) is 3. The van der Waals surface area contributed by atoms with Crippen molar-refractivity contribution < 1.29 is 0 Å². The first-order valence-corrected chi connectivity index (χ1v) is 5.71. The predicted molar refractivity (Wildman–Crippen MR) is 74.0 cm³/mol. The lowest BCUT2D eigenvalue weighted by molar-refractivity contribution is 1.18. The highest BCUT2D eigenvalue weighted by Crippen LogP contribution is 2.28. The molecule has 94 valence electrons. The molecule has 2 aromatic rings. The summed E-state index contributed by atoms with van der Waals surface area (Å²) < 4.78 is 0. The summed E-state index contributed by atoms with van der Waals surface area (Å²) in [6.07, 6.45) is 0. The van der Waals surface area contributed by atoms with Crippen molar-refractivity contribution in [1.29, 1.82) is 0 Å². The van der Waals surface area contributed by atoms with Gasteiger partial charge in [0.15, 0.2) is 11.7 Å². The van der Waals surface area contributed by atoms with Gasteiger partial charge in [0.2, 0.25) is 0 Å². The quantitative estimate of drug-likeness (QED) is 0.336. The van der Waals surface area contributed by atoms with Crippen LogP contribution >= 0.6 is 23.2 Å². The SMILES string of the molecule is CNc1nc2c(Cl)ccc(Cl)c2nc1/C(N)=N/N. The molecule has 5 N–H and O–H groups in total. The number of nitrogens with zero attached hydrogens (tertiary/aromatic N) is 3. The van der Waals surface area contributed by atoms with Gasteiger partial charge in [0, 0.05) is 7.05 Å². The maximum Gasteiger partial charge on any atom is 0.172 e. The van der Waals surface area contributed by atoms with Crippen LogP contribution in [0.15, 0.2) is 17.2 Å². The number of aromatic nitrogens is 2. The Morgan fingerprint density at radius 3 is 2.28 bits per heavy atom. The summed E-state index contributed by atoms with van der Waals surface area (Å²) in [5.74, 6) is 5.64. The van der Waals surface area contributed by atoms with Crippen molar-refractivity contribution in [2.24, 2.45) is 16.7 Å². The Hall–Kier alpha value is -1.79. The molecule has 0 saturated carbocycles. The average molecular weight is 285 g/mol. The first-order chi connectivity index (χ1) is 8.58. The molecule has 1 aromatic heterocycles. The minimum Gasteiger partial charge on any atom is -0.380 e. The summed E-state index contributed by atoms with van der Waals surface area (Å²) in [7, 11) is 1.68. The van der Waals surface area contributed by atoms with Crippen molar-refractivity contribution >= 4 is 45.9 Å². The number of amidine groups is 1. The van der Waals surface area contributed by atoms with Gasteiger partial charge in [-0.25, -0.2) is 9.97 Å². The second kappa shape index (κ2) is 4.83. The van der Waals surface area contributed by atoms with E-state index >= 15 is 0 Å². The fraction of sp³-hybridized carbons (Fsp3) is 0.100. The van der Waals surface area contributed by atoms with Gasteiger partial charge in [-0.2, -0.15) is 5.10 Å². The van der Waals surface area contributed by atoms with Gasteiger partial charge >= 0.3 is 0 Å². The van der Waals surface area contributed by atoms with E-state index in [0.29, 0.717) is 32.6 Å². The summed E-state index contributed by atoms with van der Waals surface area (Å²) in [5, 5.41) is 7.14. The van der Waals surface area contributed by atoms with Crippen LogP contribution in [0.2, 0.25) is 10.0 Å². The third-order valence-corrected chi connectivity index (χ3v) is 2.95. The molecular formula is C10H10Cl2N6. The molecule has 0 aliphatic heterocycles. The van der Waals surface area contributed by atoms with Crippen LogP contribution in [0, 0.1) is 0 Å². The van der Waals surface area contributed by atoms with Crippen molar-refractivity contribution in [3.63, 3.8) is 0 Å². The molecule has 8 heteroatoms. The van der Waals surface area contributed by atoms with Crippen LogP contribution in [-0.4, -0.2) is 22.9 Å². The smallest absolute Gasteiger partial charge is 0.172 e. The molecule has 0 aliphatic carbocycles. The molecule has 0 saturated heterocycles. The fourth-order valence-corrected chi connectivity index (χ4v) is 1.88. The van der Waals surface area contributed by atoms with Gasteiger partial charge < -0.3 is 16.9 Å². The van der Waals surface area contributed by atoms with Crippen LogP contribution in [0.4, 0.5) is 5.82 Å². The van der Waals surface area contributed by atoms with Gasteiger partial charge in [0.25, 0.3) is 0 Å². The Morgan fingerprint density at radius 2 is 1.78 bits per heavy atom. The maximum absolute atomic E-state index is 6.05. The van der Waals surface area contributed by atoms with Gasteiger partial charge in [-0.15, -0.1) is 0 Å². The van der Waals surface area contributed by atoms with Crippen molar-refractivity contribution in [2.45, 2.75) is 0 Å². The molecule has 0 bridgehead atoms. The lowest BCUT2D eigenvalue weighted by atomic mass is 10.2. The summed E-state index contributed by atoms with van der Waals surface area (Å²) in [5.41, 5.74) is 6.92. The summed E-state index contributed by atoms with van der Waals surface area (Å²) in [6, 6.07) is 3.29. The van der Waals surface area contributed by atoms with Crippen LogP contribution in [-0.2, 0) is 0 Å². The average Bonchev–Trinajstić information content (AvgIpc) is 2.40. The fourth-order valence-electron chi connectivity index (χ4n) is 1.49. The Labute approximate surface area is 113 Å². The van der Waals surface area contributed by atoms with Crippen LogP contribution in [0.3, 0.4) is 0 Å². The van der Waals surface area contributed by atoms with Crippen LogP contribution in [0.1, 0.15) is 5.69 Å². The normalized spacial score (nSPS) is 11.8. The number of nitrogens with two attached hydrogens (primary N) is 2. The predicted octanol–water partition coefficient (Wildman–Crippen LogP) is 1.56. The molecule has 1 heterocycles. The number of halogens is 2. The second-order valence-corrected chi connectivity index (χ2v) is 4.23. The third-order valence-electron chi connectivity index (χ3n) is 2.34. The molecule has 0 radical (unpaired) electrons. The van der Waals surface area contributed by atoms with E-state index in [1.165, 1.54) is 0 Å². The highest BCUT2D eigenvalue weighted by atomic mass is 35.5. The van der Waals surface area contributed by atoms with E-state index in [9.17, 15) is 0 Å². The monoisotopic (exact) mass is 284 g/mol. The standard InChI is InChI=1S/C10H10Cl2N6/c1-15-10-8(9(13)18-14)16-6-4(11)2-3-5(12)7(6)17-10/h2-3H,14H2,1H3,(H2,13,18)(H,15,17). The van der Waals surface area contributed by atoms with E-state index in [-0.39, 0.29) is 5.84 Å². The minimum absolute atomic E-state index is 0.0600. The number of hydrogen-bond acceptors (Lipinski definition) is 5. The van der Waals surface area contributed by atoms with E-state index < -0.39 is 0 Å². The molecule has 0 unspecified atom stereocenters. The topological polar surface area (TPSA) is 102 Å². The van der Waals surface area contributed by atoms with Crippen LogP contribution in [0.5, 0.6) is 0 Å². The number of nitrogens with one attached hydrogen (secondary N) is 1. The number of hydrazone groups is 1. The number of benzene rings is 1. The minimum atomic E-state index is 0.0600. The van der Waals surface area contributed by atoms with Gasteiger partial charge in [-0.1, -0.05) is 23.2 Å². The lowest BCUT2D eigenvalue weighted by Crippen LogP contribution is -2.20. The molecular weight excluding hydrogens is 275 g/mol. The van der Waals surface area contributed by atoms with Crippen molar-refractivity contribution in [1.82, 2.24) is 9.97 Å². The molecule has 0 spiro atoms. The molecule has 6 nitrogen and oxygen atoms in total. The zero-order valence-electron chi connectivity index (χ0n) is 9.41. The van der Waals surface area contributed by atoms with Gasteiger partial charge in [-0.05, 0) is 12.1 Å². The molecule has 18 heavy (non-hydrogen) atoms. The maximum atomic E-state index is 6.05. The zero-order valence-corrected chi connectivity index (χ0v) is 10.9. The second-order valence-electron chi connectivity index (χ2n) is 3.41. The summed E-state index contributed by atoms with van der Waals surface area (Å²) in [4.78, 5) is 8.62. The van der Waals surface area contributed by atoms with E-state index in [2.05, 4.69) is 20.4 Å². The van der Waals surface area contributed by atoms with Crippen LogP contribution in [0.25, 0.3) is 11.0 Å². The van der Waals surface area contributed by atoms with E-state index in [0.717, 1.165) is 0 Å². The molecule has 0 amide bonds. The molecule has 0 aliphatic rings. The molecule has 0 fully saturated rings. The number of rotatable bonds is 2. The Morgan fingerprint density at radius 1 is 1.22 bits per heavy atom. The first-order valence-electron chi connectivity index (χ1n) is 4.95. The number of fused-ring (bicyclic) bond motifs is 1. The summed E-state index contributed by atoms with van der Waals surface area (Å²) in [6.45, 7) is 0. The van der Waals surface area contributed by atoms with Gasteiger partial charge in [0.05, 0.1) is 10.0 Å². The third kappa shape index (κ3) is 2.00. The highest BCUT2D eigenvalue weighted by Gasteiger charge is 2.14. The Bertz CT molecular complexity index is 640. The highest BCUT2D eigenvalue weighted by molar-refractivity contribution is 6.39. The Kier molecular flexibility index (Phi) is 3.40. The zero-order chi connectivity index (χ0) is 13.3. The summed E-state index contributed by atoms with van der Waals surface area (Å²) >= 11 is 12.1. The molecule has 1 aromatic carbocycles. The lowest BCUT2D eigenvalue weighted by Gasteiger charge is -2.09. The van der Waals surface area contributed by atoms with E-state index in [1.807, 2.05) is 0 Å². The largest absolute Gasteiger partial charge is 0.380 e. The first kappa shape index (κ1) is 12.7. The van der Waals surface area contributed by atoms with Gasteiger partial charge in [-0.3, -0.25) is 0 Å². The van der Waals surface area contributed by atoms with Crippen molar-refractivity contribution in [2.75, 3.05) is 12.4 Å². The Balaban J connectivity index is 2.85. The van der Waals surface area contributed by atoms with E-state index in [4.69, 9.17) is 34.8 Å². The molecule has 0 atom stereocenters. The van der Waals surface area contributed by atoms with Crippen LogP contribution < -0.4 is 16.9 Å². The van der Waals surface area contributed by atoms with Crippen molar-refractivity contribution in [3.05, 3.63) is 27.9 Å². The van der Waals surface area contributed by atoms with E-state index in [1.54, 1.807) is 19.2 Å².